The molecule has 0 aliphatic carbocycles. The molecule has 0 radical (unpaired) electrons. The number of carbonyl (C=O) groups is 1. The van der Waals surface area contributed by atoms with Crippen LogP contribution >= 0.6 is 11.8 Å². The molecule has 1 fully saturated rings. The highest BCUT2D eigenvalue weighted by Crippen LogP contribution is 2.25. The Hall–Kier alpha value is -2.92. The van der Waals surface area contributed by atoms with Crippen molar-refractivity contribution in [3.8, 4) is 11.4 Å². The second-order valence-corrected chi connectivity index (χ2v) is 10.8. The molecular formula is C22H23FN4O4S2. The smallest absolute Gasteiger partial charge is 0.233 e. The minimum atomic E-state index is -3.08. The molecule has 1 aromatic heterocycles. The van der Waals surface area contributed by atoms with Gasteiger partial charge in [0, 0.05) is 18.8 Å². The Bertz CT molecular complexity index is 1230. The van der Waals surface area contributed by atoms with Gasteiger partial charge in [-0.3, -0.25) is 9.36 Å². The summed E-state index contributed by atoms with van der Waals surface area (Å²) in [6.45, 7) is -0.0167. The van der Waals surface area contributed by atoms with Crippen molar-refractivity contribution in [2.45, 2.75) is 24.2 Å². The summed E-state index contributed by atoms with van der Waals surface area (Å²) in [5.41, 5.74) is 0.778. The van der Waals surface area contributed by atoms with E-state index in [4.69, 9.17) is 4.74 Å². The summed E-state index contributed by atoms with van der Waals surface area (Å²) in [5, 5.41) is 8.89. The number of rotatable bonds is 8. The van der Waals surface area contributed by atoms with Crippen LogP contribution in [0.5, 0.6) is 5.75 Å². The average Bonchev–Trinajstić information content (AvgIpc) is 3.39. The van der Waals surface area contributed by atoms with Gasteiger partial charge < -0.3 is 9.64 Å². The number of ether oxygens (including phenoxy) is 1. The number of para-hydroxylation sites is 2. The minimum absolute atomic E-state index is 0.00234. The first kappa shape index (κ1) is 23.2. The molecule has 33 heavy (non-hydrogen) atoms. The summed E-state index contributed by atoms with van der Waals surface area (Å²) in [7, 11) is -1.45. The molecule has 4 rings (SSSR count). The summed E-state index contributed by atoms with van der Waals surface area (Å²) in [4.78, 5) is 14.2. The molecule has 1 aliphatic rings. The lowest BCUT2D eigenvalue weighted by molar-refractivity contribution is -0.128. The number of benzene rings is 2. The van der Waals surface area contributed by atoms with Crippen LogP contribution in [0.2, 0.25) is 0 Å². The van der Waals surface area contributed by atoms with Gasteiger partial charge in [0.2, 0.25) is 5.91 Å². The molecule has 174 valence electrons. The number of halogens is 1. The quantitative estimate of drug-likeness (QED) is 0.448. The molecule has 3 aromatic rings. The van der Waals surface area contributed by atoms with Gasteiger partial charge in [0.15, 0.2) is 32.4 Å². The minimum Gasteiger partial charge on any atom is -0.483 e. The molecular weight excluding hydrogens is 467 g/mol. The van der Waals surface area contributed by atoms with Crippen LogP contribution in [0.4, 0.5) is 4.39 Å². The maximum Gasteiger partial charge on any atom is 0.233 e. The largest absolute Gasteiger partial charge is 0.483 e. The lowest BCUT2D eigenvalue weighted by Gasteiger charge is -2.23. The number of carbonyl (C=O) groups excluding carboxylic acids is 1. The van der Waals surface area contributed by atoms with Crippen LogP contribution in [0.15, 0.2) is 59.8 Å². The molecule has 1 amide bonds. The second kappa shape index (κ2) is 9.92. The number of hydrogen-bond acceptors (Lipinski definition) is 7. The predicted octanol–water partition coefficient (Wildman–Crippen LogP) is 2.72. The molecule has 0 unspecified atom stereocenters. The number of amides is 1. The highest BCUT2D eigenvalue weighted by molar-refractivity contribution is 7.99. The molecule has 2 heterocycles. The highest BCUT2D eigenvalue weighted by atomic mass is 32.2. The van der Waals surface area contributed by atoms with Crippen molar-refractivity contribution in [3.05, 3.63) is 66.2 Å². The van der Waals surface area contributed by atoms with E-state index in [1.165, 1.54) is 28.8 Å². The van der Waals surface area contributed by atoms with E-state index < -0.39 is 15.7 Å². The third kappa shape index (κ3) is 5.53. The van der Waals surface area contributed by atoms with Crippen LogP contribution in [-0.2, 0) is 21.2 Å². The molecule has 2 aromatic carbocycles. The molecule has 0 N–H and O–H groups in total. The molecule has 0 saturated carbocycles. The van der Waals surface area contributed by atoms with E-state index >= 15 is 0 Å². The predicted molar refractivity (Wildman–Crippen MR) is 123 cm³/mol. The van der Waals surface area contributed by atoms with Crippen molar-refractivity contribution in [2.75, 3.05) is 24.3 Å². The molecule has 8 nitrogen and oxygen atoms in total. The molecule has 0 bridgehead atoms. The van der Waals surface area contributed by atoms with Crippen molar-refractivity contribution >= 4 is 27.5 Å². The molecule has 1 atom stereocenters. The van der Waals surface area contributed by atoms with Crippen molar-refractivity contribution in [1.82, 2.24) is 19.7 Å². The number of sulfone groups is 1. The van der Waals surface area contributed by atoms with E-state index in [2.05, 4.69) is 10.2 Å². The van der Waals surface area contributed by atoms with Gasteiger partial charge in [-0.2, -0.15) is 0 Å². The fourth-order valence-electron chi connectivity index (χ4n) is 3.54. The molecule has 1 aliphatic heterocycles. The summed E-state index contributed by atoms with van der Waals surface area (Å²) >= 11 is 1.20. The number of hydrogen-bond donors (Lipinski definition) is 0. The van der Waals surface area contributed by atoms with Crippen molar-refractivity contribution < 1.29 is 22.3 Å². The first-order valence-electron chi connectivity index (χ1n) is 10.3. The third-order valence-electron chi connectivity index (χ3n) is 5.38. The van der Waals surface area contributed by atoms with E-state index in [0.29, 0.717) is 17.4 Å². The lowest BCUT2D eigenvalue weighted by atomic mass is 10.2. The Morgan fingerprint density at radius 3 is 2.61 bits per heavy atom. The molecule has 0 spiro atoms. The molecule has 1 saturated heterocycles. The Morgan fingerprint density at radius 1 is 1.18 bits per heavy atom. The van der Waals surface area contributed by atoms with Crippen LogP contribution < -0.4 is 4.74 Å². The number of nitrogens with zero attached hydrogens (tertiary/aromatic N) is 4. The van der Waals surface area contributed by atoms with Crippen molar-refractivity contribution in [2.24, 2.45) is 0 Å². The highest BCUT2D eigenvalue weighted by Gasteiger charge is 2.32. The zero-order valence-electron chi connectivity index (χ0n) is 17.9. The van der Waals surface area contributed by atoms with E-state index in [1.54, 1.807) is 23.7 Å². The van der Waals surface area contributed by atoms with Gasteiger partial charge in [0.25, 0.3) is 0 Å². The van der Waals surface area contributed by atoms with Gasteiger partial charge in [-0.25, -0.2) is 12.8 Å². The Labute approximate surface area is 195 Å². The second-order valence-electron chi connectivity index (χ2n) is 7.64. The number of thioether (sulfide) groups is 1. The monoisotopic (exact) mass is 490 g/mol. The Balaban J connectivity index is 1.49. The fourth-order valence-corrected chi connectivity index (χ4v) is 6.21. The third-order valence-corrected chi connectivity index (χ3v) is 8.05. The van der Waals surface area contributed by atoms with Gasteiger partial charge in [-0.15, -0.1) is 10.2 Å². The van der Waals surface area contributed by atoms with E-state index in [-0.39, 0.29) is 41.6 Å². The number of aromatic nitrogens is 3. The lowest BCUT2D eigenvalue weighted by Crippen LogP contribution is -2.38. The molecule has 11 heteroatoms. The van der Waals surface area contributed by atoms with Crippen LogP contribution in [0.25, 0.3) is 5.69 Å². The fraction of sp³-hybridized carbons (Fsp3) is 0.318. The first-order valence-corrected chi connectivity index (χ1v) is 13.1. The van der Waals surface area contributed by atoms with Crippen LogP contribution in [0.1, 0.15) is 12.2 Å². The van der Waals surface area contributed by atoms with Gasteiger partial charge in [0.1, 0.15) is 6.61 Å². The van der Waals surface area contributed by atoms with Crippen LogP contribution in [0, 0.1) is 5.82 Å². The van der Waals surface area contributed by atoms with E-state index in [1.807, 2.05) is 30.3 Å². The Kier molecular flexibility index (Phi) is 6.99. The van der Waals surface area contributed by atoms with Crippen LogP contribution in [0.3, 0.4) is 0 Å². The average molecular weight is 491 g/mol. The summed E-state index contributed by atoms with van der Waals surface area (Å²) < 4.78 is 44.8. The van der Waals surface area contributed by atoms with Crippen LogP contribution in [-0.4, -0.2) is 64.3 Å². The van der Waals surface area contributed by atoms with Gasteiger partial charge in [-0.05, 0) is 30.7 Å². The maximum absolute atomic E-state index is 13.9. The maximum atomic E-state index is 13.9. The van der Waals surface area contributed by atoms with Crippen molar-refractivity contribution in [1.29, 1.82) is 0 Å². The Morgan fingerprint density at radius 2 is 1.91 bits per heavy atom. The zero-order chi connectivity index (χ0) is 23.4. The van der Waals surface area contributed by atoms with Gasteiger partial charge in [0.05, 0.1) is 17.3 Å². The van der Waals surface area contributed by atoms with Crippen molar-refractivity contribution in [3.63, 3.8) is 0 Å². The summed E-state index contributed by atoms with van der Waals surface area (Å²) in [6, 6.07) is 15.2. The first-order chi connectivity index (χ1) is 15.8. The SMILES string of the molecule is CN(C(=O)CSc1nnc(COc2ccccc2F)n1-c1ccccc1)[C@@H]1CCS(=O)(=O)C1. The topological polar surface area (TPSA) is 94.4 Å². The summed E-state index contributed by atoms with van der Waals surface area (Å²) in [6.07, 6.45) is 0.451. The normalized spacial score (nSPS) is 17.1. The summed E-state index contributed by atoms with van der Waals surface area (Å²) in [5.74, 6) is 0.0848. The van der Waals surface area contributed by atoms with E-state index in [0.717, 1.165) is 5.69 Å². The van der Waals surface area contributed by atoms with E-state index in [9.17, 15) is 17.6 Å². The van der Waals surface area contributed by atoms with Gasteiger partial charge in [-0.1, -0.05) is 42.1 Å². The zero-order valence-corrected chi connectivity index (χ0v) is 19.6. The standard InChI is InChI=1S/C22H23FN4O4S2/c1-26(17-11-12-33(29,30)15-17)21(28)14-32-22-25-24-20(27(22)16-7-3-2-4-8-16)13-31-19-10-6-5-9-18(19)23/h2-10,17H,11-15H2,1H3/t17-/m1/s1. The van der Waals surface area contributed by atoms with Gasteiger partial charge >= 0.3 is 0 Å².